The Morgan fingerprint density at radius 1 is 0.465 bits per heavy atom. The number of thiol groups is 1. The average molecular weight is 655 g/mol. The first-order valence-electron chi connectivity index (χ1n) is 16.9. The van der Waals surface area contributed by atoms with Crippen molar-refractivity contribution in [3.05, 3.63) is 56.6 Å². The molecule has 0 amide bonds. The van der Waals surface area contributed by atoms with Gasteiger partial charge in [-0.1, -0.05) is 119 Å². The van der Waals surface area contributed by atoms with E-state index in [1.54, 1.807) is 0 Å². The first-order chi connectivity index (χ1) is 20.4. The zero-order chi connectivity index (χ0) is 33.0. The molecule has 2 aromatic rings. The fourth-order valence-corrected chi connectivity index (χ4v) is 6.01. The molecular weight excluding hydrogens is 592 g/mol. The van der Waals surface area contributed by atoms with Crippen LogP contribution in [0.5, 0.6) is 11.5 Å². The molecule has 0 atom stereocenters. The number of hydrogen-bond donors (Lipinski definition) is 5. The number of phenols is 2. The molecule has 0 spiro atoms. The molecule has 0 aliphatic rings. The van der Waals surface area contributed by atoms with E-state index in [9.17, 15) is 10.2 Å². The van der Waals surface area contributed by atoms with Gasteiger partial charge in [0.2, 0.25) is 5.69 Å². The zero-order valence-corrected chi connectivity index (χ0v) is 31.2. The fraction of sp³-hybridized carbons (Fsp3) is 0.667. The van der Waals surface area contributed by atoms with E-state index >= 15 is 0 Å². The molecule has 248 valence electrons. The van der Waals surface area contributed by atoms with Gasteiger partial charge in [0, 0.05) is 0 Å². The Balaban J connectivity index is 0.000000709. The van der Waals surface area contributed by atoms with Crippen LogP contribution >= 0.6 is 17.9 Å². The SMILES string of the molecule is CCCc1cc(O)c(CCC)c(CCC)c1CCC.CCCc1cc(O)c(CCC)c(CCC)c1CCC.OP(O)(=S)S. The van der Waals surface area contributed by atoms with E-state index in [0.29, 0.717) is 11.5 Å². The third-order valence-electron chi connectivity index (χ3n) is 7.51. The van der Waals surface area contributed by atoms with E-state index in [1.807, 2.05) is 12.1 Å². The molecule has 0 aliphatic heterocycles. The molecule has 2 rings (SSSR count). The van der Waals surface area contributed by atoms with Crippen LogP contribution in [0.15, 0.2) is 12.1 Å². The minimum absolute atomic E-state index is 0.536. The molecule has 0 aliphatic carbocycles. The third kappa shape index (κ3) is 15.7. The number of rotatable bonds is 16. The van der Waals surface area contributed by atoms with Gasteiger partial charge in [-0.05, 0) is 120 Å². The second-order valence-corrected chi connectivity index (χ2v) is 16.5. The molecule has 4 nitrogen and oxygen atoms in total. The van der Waals surface area contributed by atoms with Crippen molar-refractivity contribution < 1.29 is 20.0 Å². The smallest absolute Gasteiger partial charge is 0.239 e. The number of aryl methyl sites for hydroxylation is 2. The fourth-order valence-electron chi connectivity index (χ4n) is 6.01. The van der Waals surface area contributed by atoms with E-state index in [4.69, 9.17) is 9.79 Å². The van der Waals surface area contributed by atoms with E-state index in [0.717, 1.165) is 89.9 Å². The van der Waals surface area contributed by atoms with Gasteiger partial charge in [0.05, 0.1) is 0 Å². The van der Waals surface area contributed by atoms with Gasteiger partial charge in [-0.15, -0.1) is 0 Å². The van der Waals surface area contributed by atoms with Gasteiger partial charge in [0.25, 0.3) is 0 Å². The van der Waals surface area contributed by atoms with Crippen molar-refractivity contribution in [2.24, 2.45) is 0 Å². The van der Waals surface area contributed by atoms with Crippen molar-refractivity contribution in [3.8, 4) is 11.5 Å². The Hall–Kier alpha value is -1.04. The maximum absolute atomic E-state index is 10.3. The molecule has 0 aromatic heterocycles. The van der Waals surface area contributed by atoms with Gasteiger partial charge >= 0.3 is 0 Å². The van der Waals surface area contributed by atoms with Crippen LogP contribution in [0.2, 0.25) is 0 Å². The highest BCUT2D eigenvalue weighted by Gasteiger charge is 2.17. The summed E-state index contributed by atoms with van der Waals surface area (Å²) in [6.07, 6.45) is 17.9. The molecule has 0 saturated carbocycles. The Labute approximate surface area is 275 Å². The highest BCUT2D eigenvalue weighted by molar-refractivity contribution is 8.59. The summed E-state index contributed by atoms with van der Waals surface area (Å²) in [5, 5.41) is 20.7. The van der Waals surface area contributed by atoms with Crippen LogP contribution in [-0.2, 0) is 63.2 Å². The Morgan fingerprint density at radius 3 is 0.907 bits per heavy atom. The van der Waals surface area contributed by atoms with E-state index < -0.39 is 5.69 Å². The first kappa shape index (κ1) is 42.0. The Bertz CT molecular complexity index is 1030. The summed E-state index contributed by atoms with van der Waals surface area (Å²) < 4.78 is 0. The molecule has 7 heteroatoms. The minimum atomic E-state index is -3.11. The molecule has 0 heterocycles. The first-order valence-corrected chi connectivity index (χ1v) is 20.7. The lowest BCUT2D eigenvalue weighted by Crippen LogP contribution is -2.06. The van der Waals surface area contributed by atoms with Crippen LogP contribution in [0.25, 0.3) is 0 Å². The van der Waals surface area contributed by atoms with Crippen LogP contribution in [0.3, 0.4) is 0 Å². The second-order valence-electron chi connectivity index (χ2n) is 11.5. The third-order valence-corrected chi connectivity index (χ3v) is 7.51. The molecule has 43 heavy (non-hydrogen) atoms. The molecule has 2 aromatic carbocycles. The highest BCUT2D eigenvalue weighted by atomic mass is 32.9. The number of phenolic OH excluding ortho intramolecular Hbond substituents is 2. The van der Waals surface area contributed by atoms with E-state index in [2.05, 4.69) is 79.4 Å². The van der Waals surface area contributed by atoms with Crippen molar-refractivity contribution >= 4 is 29.7 Å². The quantitative estimate of drug-likeness (QED) is 0.0919. The van der Waals surface area contributed by atoms with Gasteiger partial charge in [-0.25, -0.2) is 0 Å². The van der Waals surface area contributed by atoms with Crippen molar-refractivity contribution in [1.82, 2.24) is 0 Å². The monoisotopic (exact) mass is 654 g/mol. The van der Waals surface area contributed by atoms with Crippen molar-refractivity contribution in [2.75, 3.05) is 0 Å². The largest absolute Gasteiger partial charge is 0.508 e. The molecule has 0 fully saturated rings. The summed E-state index contributed by atoms with van der Waals surface area (Å²) in [5.74, 6) is 1.07. The van der Waals surface area contributed by atoms with Gasteiger partial charge in [0.15, 0.2) is 0 Å². The topological polar surface area (TPSA) is 80.9 Å². The normalized spacial score (nSPS) is 11.0. The average Bonchev–Trinajstić information content (AvgIpc) is 2.92. The van der Waals surface area contributed by atoms with Crippen molar-refractivity contribution in [1.29, 1.82) is 0 Å². The molecule has 0 bridgehead atoms. The maximum atomic E-state index is 10.3. The predicted molar refractivity (Wildman–Crippen MR) is 196 cm³/mol. The summed E-state index contributed by atoms with van der Waals surface area (Å²) in [4.78, 5) is 15.7. The minimum Gasteiger partial charge on any atom is -0.508 e. The van der Waals surface area contributed by atoms with Crippen LogP contribution in [0, 0.1) is 0 Å². The molecule has 0 radical (unpaired) electrons. The predicted octanol–water partition coefficient (Wildman–Crippen LogP) is 10.5. The lowest BCUT2D eigenvalue weighted by Gasteiger charge is -2.20. The summed E-state index contributed by atoms with van der Waals surface area (Å²) in [6, 6.07) is 4.08. The molecule has 4 N–H and O–H groups in total. The summed E-state index contributed by atoms with van der Waals surface area (Å²) in [6.45, 7) is 17.8. The number of benzene rings is 2. The van der Waals surface area contributed by atoms with E-state index in [1.165, 1.54) is 57.3 Å². The Morgan fingerprint density at radius 2 is 0.674 bits per heavy atom. The summed E-state index contributed by atoms with van der Waals surface area (Å²) in [5.41, 5.74) is 8.06. The zero-order valence-electron chi connectivity index (χ0n) is 28.6. The molecular formula is C36H63O4PS2. The number of hydrogen-bond acceptors (Lipinski definition) is 3. The highest BCUT2D eigenvalue weighted by Crippen LogP contribution is 2.39. The molecule has 0 unspecified atom stereocenters. The maximum Gasteiger partial charge on any atom is 0.239 e. The van der Waals surface area contributed by atoms with Crippen LogP contribution in [-0.4, -0.2) is 20.0 Å². The van der Waals surface area contributed by atoms with Gasteiger partial charge < -0.3 is 20.0 Å². The summed E-state index contributed by atoms with van der Waals surface area (Å²) in [7, 11) is 0. The van der Waals surface area contributed by atoms with Gasteiger partial charge in [-0.3, -0.25) is 0 Å². The van der Waals surface area contributed by atoms with Crippen LogP contribution in [0.1, 0.15) is 151 Å². The lowest BCUT2D eigenvalue weighted by molar-refractivity contribution is 0.464. The van der Waals surface area contributed by atoms with Crippen molar-refractivity contribution in [2.45, 2.75) is 158 Å². The molecule has 0 saturated heterocycles. The number of aromatic hydroxyl groups is 2. The van der Waals surface area contributed by atoms with Gasteiger partial charge in [-0.2, -0.15) is 0 Å². The summed E-state index contributed by atoms with van der Waals surface area (Å²) >= 11 is 7.07. The van der Waals surface area contributed by atoms with E-state index in [-0.39, 0.29) is 0 Å². The standard InChI is InChI=1S/2C18H30O.H3O2PS2/c2*1-5-9-14-13-18(19)17(12-8-4)16(11-7-3)15(14)10-6-2;1-3(2,4)5/h2*13,19H,5-12H2,1-4H3;(H3,1,2,4,5). The van der Waals surface area contributed by atoms with Gasteiger partial charge in [0.1, 0.15) is 11.5 Å². The Kier molecular flexibility index (Phi) is 22.8. The second kappa shape index (κ2) is 23.3. The van der Waals surface area contributed by atoms with Crippen LogP contribution in [0.4, 0.5) is 0 Å². The van der Waals surface area contributed by atoms with Crippen LogP contribution < -0.4 is 0 Å². The van der Waals surface area contributed by atoms with Crippen molar-refractivity contribution in [3.63, 3.8) is 0 Å². The lowest BCUT2D eigenvalue weighted by atomic mass is 9.86.